The van der Waals surface area contributed by atoms with Gasteiger partial charge in [-0.2, -0.15) is 5.26 Å². The molecule has 0 saturated heterocycles. The molecule has 0 fully saturated rings. The predicted octanol–water partition coefficient (Wildman–Crippen LogP) is 2.19. The lowest BCUT2D eigenvalue weighted by atomic mass is 10.1. The molecule has 0 aliphatic carbocycles. The van der Waals surface area contributed by atoms with Gasteiger partial charge < -0.3 is 20.7 Å². The Morgan fingerprint density at radius 2 is 2.00 bits per heavy atom. The normalized spacial score (nSPS) is 12.2. The minimum absolute atomic E-state index is 0.198. The van der Waals surface area contributed by atoms with Crippen LogP contribution in [0.1, 0.15) is 21.5 Å². The number of rotatable bonds is 3. The summed E-state index contributed by atoms with van der Waals surface area (Å²) in [4.78, 5) is 24.9. The van der Waals surface area contributed by atoms with E-state index >= 15 is 0 Å². The lowest BCUT2D eigenvalue weighted by Crippen LogP contribution is -2.17. The summed E-state index contributed by atoms with van der Waals surface area (Å²) < 4.78 is 4.77. The van der Waals surface area contributed by atoms with Gasteiger partial charge in [0.2, 0.25) is 0 Å². The number of hydrogen-bond acceptors (Lipinski definition) is 5. The summed E-state index contributed by atoms with van der Waals surface area (Å²) >= 11 is 0. The van der Waals surface area contributed by atoms with E-state index in [0.29, 0.717) is 24.3 Å². The summed E-state index contributed by atoms with van der Waals surface area (Å²) in [5, 5.41) is 11.9. The number of hydrogen-bond donors (Lipinski definition) is 2. The first-order valence-electron chi connectivity index (χ1n) is 7.21. The largest absolute Gasteiger partial charge is 0.410 e. The quantitative estimate of drug-likeness (QED) is 0.842. The number of nitrogens with one attached hydrogen (secondary N) is 1. The van der Waals surface area contributed by atoms with Gasteiger partial charge in [-0.25, -0.2) is 4.79 Å². The number of benzene rings is 2. The minimum Gasteiger partial charge on any atom is -0.410 e. The average molecular weight is 322 g/mol. The van der Waals surface area contributed by atoms with Crippen molar-refractivity contribution >= 4 is 17.7 Å². The van der Waals surface area contributed by atoms with Crippen LogP contribution in [0.3, 0.4) is 0 Å². The van der Waals surface area contributed by atoms with Crippen LogP contribution in [-0.2, 0) is 13.1 Å². The molecular formula is C17H14N4O3. The molecule has 7 nitrogen and oxygen atoms in total. The van der Waals surface area contributed by atoms with Crippen molar-refractivity contribution in [2.24, 2.45) is 5.73 Å². The van der Waals surface area contributed by atoms with Crippen molar-refractivity contribution in [2.45, 2.75) is 13.1 Å². The molecule has 24 heavy (non-hydrogen) atoms. The van der Waals surface area contributed by atoms with Crippen molar-refractivity contribution in [2.75, 3.05) is 5.32 Å². The van der Waals surface area contributed by atoms with Crippen LogP contribution in [0.2, 0.25) is 0 Å². The molecule has 0 bridgehead atoms. The Bertz CT molecular complexity index is 857. The number of anilines is 1. The molecule has 2 aromatic carbocycles. The zero-order valence-electron chi connectivity index (χ0n) is 12.7. The molecule has 0 unspecified atom stereocenters. The highest BCUT2D eigenvalue weighted by Gasteiger charge is 2.21. The van der Waals surface area contributed by atoms with Crippen molar-refractivity contribution < 1.29 is 14.3 Å². The van der Waals surface area contributed by atoms with E-state index in [4.69, 9.17) is 15.7 Å². The first kappa shape index (κ1) is 15.4. The fraction of sp³-hybridized carbons (Fsp3) is 0.118. The maximum absolute atomic E-state index is 12.4. The monoisotopic (exact) mass is 322 g/mol. The number of nitrogens with two attached hydrogens (primary N) is 1. The van der Waals surface area contributed by atoms with Crippen molar-refractivity contribution in [3.05, 3.63) is 59.2 Å². The van der Waals surface area contributed by atoms with Crippen LogP contribution in [0.4, 0.5) is 10.5 Å². The molecule has 7 heteroatoms. The lowest BCUT2D eigenvalue weighted by molar-refractivity contribution is 0.102. The molecule has 2 amide bonds. The Balaban J connectivity index is 1.81. The fourth-order valence-corrected chi connectivity index (χ4v) is 2.62. The first-order valence-corrected chi connectivity index (χ1v) is 7.21. The zero-order chi connectivity index (χ0) is 17.1. The third kappa shape index (κ3) is 3.13. The smallest absolute Gasteiger partial charge is 0.409 e. The molecule has 0 spiro atoms. The minimum atomic E-state index is -0.940. The van der Waals surface area contributed by atoms with Gasteiger partial charge in [-0.05, 0) is 29.8 Å². The Kier molecular flexibility index (Phi) is 4.03. The van der Waals surface area contributed by atoms with Crippen molar-refractivity contribution in [3.8, 4) is 11.9 Å². The number of primary amides is 1. The van der Waals surface area contributed by atoms with Gasteiger partial charge in [0.15, 0.2) is 6.19 Å². The second-order valence-corrected chi connectivity index (χ2v) is 5.30. The topological polar surface area (TPSA) is 108 Å². The standard InChI is InChI=1S/C17H14N4O3/c18-10-21-8-12-4-2-6-15(14(12)9-21)20-16(22)11-3-1-5-13(7-11)24-17(19)23/h1-7H,8-9H2,(H2,19,23)(H,20,22). The average Bonchev–Trinajstić information content (AvgIpc) is 2.99. The van der Waals surface area contributed by atoms with E-state index in [0.717, 1.165) is 11.1 Å². The highest BCUT2D eigenvalue weighted by Crippen LogP contribution is 2.29. The van der Waals surface area contributed by atoms with E-state index in [9.17, 15) is 9.59 Å². The van der Waals surface area contributed by atoms with Gasteiger partial charge >= 0.3 is 6.09 Å². The first-order chi connectivity index (χ1) is 11.6. The molecule has 1 heterocycles. The summed E-state index contributed by atoms with van der Waals surface area (Å²) in [6, 6.07) is 11.7. The number of nitriles is 1. The van der Waals surface area contributed by atoms with E-state index in [1.807, 2.05) is 12.1 Å². The van der Waals surface area contributed by atoms with Crippen LogP contribution in [0.5, 0.6) is 5.75 Å². The fourth-order valence-electron chi connectivity index (χ4n) is 2.62. The Hall–Kier alpha value is -3.53. The molecule has 0 atom stereocenters. The number of nitrogens with zero attached hydrogens (tertiary/aromatic N) is 2. The van der Waals surface area contributed by atoms with Gasteiger partial charge in [0.25, 0.3) is 5.91 Å². The van der Waals surface area contributed by atoms with Gasteiger partial charge in [-0.15, -0.1) is 0 Å². The molecule has 2 aromatic rings. The number of fused-ring (bicyclic) bond motifs is 1. The van der Waals surface area contributed by atoms with E-state index in [2.05, 4.69) is 11.5 Å². The predicted molar refractivity (Wildman–Crippen MR) is 85.9 cm³/mol. The number of carbonyl (C=O) groups excluding carboxylic acids is 2. The van der Waals surface area contributed by atoms with E-state index in [1.165, 1.54) is 12.1 Å². The highest BCUT2D eigenvalue weighted by atomic mass is 16.5. The summed E-state index contributed by atoms with van der Waals surface area (Å²) in [6.07, 6.45) is 1.17. The molecule has 0 radical (unpaired) electrons. The molecule has 3 N–H and O–H groups in total. The number of carbonyl (C=O) groups is 2. The zero-order valence-corrected chi connectivity index (χ0v) is 12.7. The van der Waals surface area contributed by atoms with Gasteiger partial charge in [-0.1, -0.05) is 18.2 Å². The van der Waals surface area contributed by atoms with Crippen LogP contribution in [-0.4, -0.2) is 16.9 Å². The SMILES string of the molecule is N#CN1Cc2cccc(NC(=O)c3cccc(OC(N)=O)c3)c2C1. The van der Waals surface area contributed by atoms with Crippen LogP contribution >= 0.6 is 0 Å². The van der Waals surface area contributed by atoms with E-state index in [-0.39, 0.29) is 11.7 Å². The molecule has 0 aromatic heterocycles. The summed E-state index contributed by atoms with van der Waals surface area (Å²) in [7, 11) is 0. The molecule has 1 aliphatic heterocycles. The summed E-state index contributed by atoms with van der Waals surface area (Å²) in [5.74, 6) is -0.141. The van der Waals surface area contributed by atoms with Gasteiger partial charge in [0, 0.05) is 16.8 Å². The lowest BCUT2D eigenvalue weighted by Gasteiger charge is -2.10. The highest BCUT2D eigenvalue weighted by molar-refractivity contribution is 6.05. The summed E-state index contributed by atoms with van der Waals surface area (Å²) in [5.41, 5.74) is 7.91. The Morgan fingerprint density at radius 3 is 2.75 bits per heavy atom. The molecular weight excluding hydrogens is 308 g/mol. The van der Waals surface area contributed by atoms with Crippen molar-refractivity contribution in [1.82, 2.24) is 4.90 Å². The van der Waals surface area contributed by atoms with E-state index < -0.39 is 6.09 Å². The molecule has 0 saturated carbocycles. The Labute approximate surface area is 138 Å². The van der Waals surface area contributed by atoms with E-state index in [1.54, 1.807) is 23.1 Å². The second kappa shape index (κ2) is 6.30. The van der Waals surface area contributed by atoms with Gasteiger partial charge in [-0.3, -0.25) is 4.79 Å². The van der Waals surface area contributed by atoms with Crippen LogP contribution in [0, 0.1) is 11.5 Å². The maximum atomic E-state index is 12.4. The van der Waals surface area contributed by atoms with Gasteiger partial charge in [0.05, 0.1) is 13.1 Å². The summed E-state index contributed by atoms with van der Waals surface area (Å²) in [6.45, 7) is 1.00. The number of amides is 2. The van der Waals surface area contributed by atoms with Crippen LogP contribution in [0.15, 0.2) is 42.5 Å². The number of ether oxygens (including phenoxy) is 1. The molecule has 1 aliphatic rings. The third-order valence-electron chi connectivity index (χ3n) is 3.69. The van der Waals surface area contributed by atoms with Crippen molar-refractivity contribution in [3.63, 3.8) is 0 Å². The second-order valence-electron chi connectivity index (χ2n) is 5.30. The van der Waals surface area contributed by atoms with Crippen LogP contribution in [0.25, 0.3) is 0 Å². The Morgan fingerprint density at radius 1 is 1.21 bits per heavy atom. The van der Waals surface area contributed by atoms with Crippen LogP contribution < -0.4 is 15.8 Å². The molecule has 3 rings (SSSR count). The van der Waals surface area contributed by atoms with Gasteiger partial charge in [0.1, 0.15) is 5.75 Å². The molecule has 120 valence electrons. The third-order valence-corrected chi connectivity index (χ3v) is 3.69. The maximum Gasteiger partial charge on any atom is 0.409 e. The van der Waals surface area contributed by atoms with Crippen molar-refractivity contribution in [1.29, 1.82) is 5.26 Å².